The van der Waals surface area contributed by atoms with Crippen LogP contribution in [-0.4, -0.2) is 33.4 Å². The number of hydrogen-bond donors (Lipinski definition) is 1. The molecule has 0 amide bonds. The predicted molar refractivity (Wildman–Crippen MR) is 93.7 cm³/mol. The third-order valence-electron chi connectivity index (χ3n) is 4.17. The van der Waals surface area contributed by atoms with Crippen molar-refractivity contribution >= 4 is 11.6 Å². The number of hydrogen-bond acceptors (Lipinski definition) is 6. The Labute approximate surface area is 161 Å². The number of aromatic nitrogens is 4. The third-order valence-corrected chi connectivity index (χ3v) is 4.17. The molecule has 1 N–H and O–H groups in total. The molecular formula is C18H13F4N5O2. The number of benzene rings is 2. The molecular weight excluding hydrogens is 394 g/mol. The highest BCUT2D eigenvalue weighted by molar-refractivity contribution is 5.77. The average Bonchev–Trinajstić information content (AvgIpc) is 3.16. The normalized spacial score (nSPS) is 15.7. The van der Waals surface area contributed by atoms with Gasteiger partial charge in [-0.1, -0.05) is 23.3 Å². The molecule has 0 bridgehead atoms. The number of para-hydroxylation sites is 1. The molecule has 4 rings (SSSR count). The maximum absolute atomic E-state index is 12.8. The summed E-state index contributed by atoms with van der Waals surface area (Å²) in [6.45, 7) is -5.91. The van der Waals surface area contributed by atoms with Crippen LogP contribution in [0.25, 0.3) is 5.70 Å². The highest BCUT2D eigenvalue weighted by Gasteiger charge is 2.27. The number of rotatable bonds is 6. The van der Waals surface area contributed by atoms with Crippen LogP contribution in [0, 0.1) is 0 Å². The second-order valence-electron chi connectivity index (χ2n) is 5.92. The van der Waals surface area contributed by atoms with E-state index in [9.17, 15) is 17.6 Å². The number of ether oxygens (including phenoxy) is 2. The molecule has 11 heteroatoms. The van der Waals surface area contributed by atoms with Crippen molar-refractivity contribution in [3.63, 3.8) is 0 Å². The molecule has 2 aromatic carbocycles. The summed E-state index contributed by atoms with van der Waals surface area (Å²) in [5, 5.41) is 14.4. The molecule has 0 aliphatic carbocycles. The lowest BCUT2D eigenvalue weighted by molar-refractivity contribution is -0.0510. The van der Waals surface area contributed by atoms with E-state index in [0.717, 1.165) is 0 Å². The van der Waals surface area contributed by atoms with Gasteiger partial charge < -0.3 is 14.8 Å². The van der Waals surface area contributed by atoms with Gasteiger partial charge in [0, 0.05) is 11.3 Å². The van der Waals surface area contributed by atoms with Gasteiger partial charge in [0.2, 0.25) is 5.95 Å². The number of allylic oxidation sites excluding steroid dienone is 1. The van der Waals surface area contributed by atoms with Crippen molar-refractivity contribution in [2.75, 3.05) is 5.32 Å². The SMILES string of the molecule is FC(F)Oc1ccc(C2=CC(c3ccccc3OC(F)F)n3nnnc3N2)cc1. The van der Waals surface area contributed by atoms with E-state index >= 15 is 0 Å². The summed E-state index contributed by atoms with van der Waals surface area (Å²) in [6, 6.07) is 11.6. The third kappa shape index (κ3) is 3.98. The van der Waals surface area contributed by atoms with Crippen molar-refractivity contribution in [1.29, 1.82) is 0 Å². The van der Waals surface area contributed by atoms with Gasteiger partial charge >= 0.3 is 13.2 Å². The van der Waals surface area contributed by atoms with Gasteiger partial charge in [0.1, 0.15) is 17.5 Å². The quantitative estimate of drug-likeness (QED) is 0.624. The number of nitrogens with one attached hydrogen (secondary N) is 1. The number of fused-ring (bicyclic) bond motifs is 1. The van der Waals surface area contributed by atoms with Crippen LogP contribution in [0.3, 0.4) is 0 Å². The standard InChI is InChI=1S/C18H13F4N5O2/c19-16(20)28-11-7-5-10(6-8-11)13-9-14(27-18(23-13)24-25-26-27)12-3-1-2-4-15(12)29-17(21)22/h1-9,14,16-17H,(H,23,24,26). The van der Waals surface area contributed by atoms with Crippen molar-refractivity contribution in [1.82, 2.24) is 20.2 Å². The summed E-state index contributed by atoms with van der Waals surface area (Å²) in [5.41, 5.74) is 1.63. The molecule has 1 atom stereocenters. The summed E-state index contributed by atoms with van der Waals surface area (Å²) in [5.74, 6) is 0.289. The molecule has 0 spiro atoms. The molecule has 150 valence electrons. The second kappa shape index (κ2) is 7.78. The van der Waals surface area contributed by atoms with Gasteiger partial charge in [0.25, 0.3) is 0 Å². The number of alkyl halides is 4. The first-order valence-corrected chi connectivity index (χ1v) is 8.37. The lowest BCUT2D eigenvalue weighted by Crippen LogP contribution is -2.21. The van der Waals surface area contributed by atoms with Crippen LogP contribution in [0.1, 0.15) is 17.2 Å². The summed E-state index contributed by atoms with van der Waals surface area (Å²) in [6.07, 6.45) is 1.72. The van der Waals surface area contributed by atoms with Crippen LogP contribution < -0.4 is 14.8 Å². The molecule has 1 aliphatic heterocycles. The van der Waals surface area contributed by atoms with Crippen LogP contribution in [0.4, 0.5) is 23.5 Å². The molecule has 1 aromatic heterocycles. The molecule has 29 heavy (non-hydrogen) atoms. The predicted octanol–water partition coefficient (Wildman–Crippen LogP) is 3.93. The van der Waals surface area contributed by atoms with Gasteiger partial charge in [-0.05, 0) is 52.4 Å². The first-order chi connectivity index (χ1) is 14.0. The van der Waals surface area contributed by atoms with E-state index < -0.39 is 19.3 Å². The molecule has 0 radical (unpaired) electrons. The highest BCUT2D eigenvalue weighted by Crippen LogP contribution is 2.36. The van der Waals surface area contributed by atoms with E-state index in [0.29, 0.717) is 16.8 Å². The van der Waals surface area contributed by atoms with E-state index in [4.69, 9.17) is 0 Å². The zero-order chi connectivity index (χ0) is 20.4. The fourth-order valence-electron chi connectivity index (χ4n) is 2.99. The highest BCUT2D eigenvalue weighted by atomic mass is 19.3. The monoisotopic (exact) mass is 407 g/mol. The Kier molecular flexibility index (Phi) is 5.02. The minimum absolute atomic E-state index is 0.00729. The van der Waals surface area contributed by atoms with Crippen molar-refractivity contribution < 1.29 is 27.0 Å². The van der Waals surface area contributed by atoms with Gasteiger partial charge in [-0.15, -0.1) is 0 Å². The second-order valence-corrected chi connectivity index (χ2v) is 5.92. The van der Waals surface area contributed by atoms with Gasteiger partial charge in [-0.2, -0.15) is 22.2 Å². The zero-order valence-corrected chi connectivity index (χ0v) is 14.5. The number of nitrogens with zero attached hydrogens (tertiary/aromatic N) is 4. The van der Waals surface area contributed by atoms with Crippen LogP contribution in [0.15, 0.2) is 54.6 Å². The van der Waals surface area contributed by atoms with Gasteiger partial charge in [0.05, 0.1) is 0 Å². The molecule has 3 aromatic rings. The Morgan fingerprint density at radius 2 is 1.66 bits per heavy atom. The van der Waals surface area contributed by atoms with E-state index in [-0.39, 0.29) is 17.4 Å². The lowest BCUT2D eigenvalue weighted by atomic mass is 10.0. The Balaban J connectivity index is 1.72. The molecule has 1 unspecified atom stereocenters. The summed E-state index contributed by atoms with van der Waals surface area (Å²) in [4.78, 5) is 0. The molecule has 2 heterocycles. The Morgan fingerprint density at radius 3 is 2.38 bits per heavy atom. The number of tetrazole rings is 1. The van der Waals surface area contributed by atoms with Crippen LogP contribution >= 0.6 is 0 Å². The Hall–Kier alpha value is -3.63. The molecule has 0 saturated carbocycles. The van der Waals surface area contributed by atoms with Crippen LogP contribution in [-0.2, 0) is 0 Å². The van der Waals surface area contributed by atoms with Crippen LogP contribution in [0.5, 0.6) is 11.5 Å². The van der Waals surface area contributed by atoms with Gasteiger partial charge in [-0.3, -0.25) is 0 Å². The Morgan fingerprint density at radius 1 is 0.931 bits per heavy atom. The average molecular weight is 407 g/mol. The Bertz CT molecular complexity index is 1020. The fraction of sp³-hybridized carbons (Fsp3) is 0.167. The summed E-state index contributed by atoms with van der Waals surface area (Å²) >= 11 is 0. The first kappa shape index (κ1) is 18.7. The van der Waals surface area contributed by atoms with Crippen molar-refractivity contribution in [3.05, 3.63) is 65.7 Å². The molecule has 1 aliphatic rings. The van der Waals surface area contributed by atoms with Crippen molar-refractivity contribution in [3.8, 4) is 11.5 Å². The molecule has 0 saturated heterocycles. The number of anilines is 1. The number of halogens is 4. The maximum atomic E-state index is 12.8. The summed E-state index contributed by atoms with van der Waals surface area (Å²) in [7, 11) is 0. The minimum atomic E-state index is -2.99. The van der Waals surface area contributed by atoms with Crippen molar-refractivity contribution in [2.24, 2.45) is 0 Å². The molecule has 7 nitrogen and oxygen atoms in total. The first-order valence-electron chi connectivity index (χ1n) is 8.37. The topological polar surface area (TPSA) is 74.1 Å². The van der Waals surface area contributed by atoms with Crippen LogP contribution in [0.2, 0.25) is 0 Å². The smallest absolute Gasteiger partial charge is 0.387 e. The zero-order valence-electron chi connectivity index (χ0n) is 14.5. The van der Waals surface area contributed by atoms with E-state index in [2.05, 4.69) is 30.3 Å². The maximum Gasteiger partial charge on any atom is 0.387 e. The van der Waals surface area contributed by atoms with Crippen molar-refractivity contribution in [2.45, 2.75) is 19.3 Å². The lowest BCUT2D eigenvalue weighted by Gasteiger charge is -2.25. The molecule has 0 fully saturated rings. The van der Waals surface area contributed by atoms with Gasteiger partial charge in [0.15, 0.2) is 0 Å². The minimum Gasteiger partial charge on any atom is -0.435 e. The van der Waals surface area contributed by atoms with Gasteiger partial charge in [-0.25, -0.2) is 0 Å². The van der Waals surface area contributed by atoms with E-state index in [1.165, 1.54) is 22.9 Å². The van der Waals surface area contributed by atoms with E-state index in [1.807, 2.05) is 0 Å². The summed E-state index contributed by atoms with van der Waals surface area (Å²) < 4.78 is 60.7. The fourth-order valence-corrected chi connectivity index (χ4v) is 2.99. The van der Waals surface area contributed by atoms with E-state index in [1.54, 1.807) is 36.4 Å². The largest absolute Gasteiger partial charge is 0.435 e.